The van der Waals surface area contributed by atoms with Gasteiger partial charge in [-0.25, -0.2) is 0 Å². The minimum Gasteiger partial charge on any atom is -0.490 e. The Morgan fingerprint density at radius 1 is 0.714 bits per heavy atom. The van der Waals surface area contributed by atoms with Crippen molar-refractivity contribution in [2.75, 3.05) is 20.8 Å². The zero-order valence-corrected chi connectivity index (χ0v) is 17.3. The predicted octanol–water partition coefficient (Wildman–Crippen LogP) is 3.14. The maximum absolute atomic E-state index is 11.6. The van der Waals surface area contributed by atoms with Crippen molar-refractivity contribution in [2.24, 2.45) is 0 Å². The van der Waals surface area contributed by atoms with Crippen molar-refractivity contribution in [1.82, 2.24) is 0 Å². The van der Waals surface area contributed by atoms with Crippen molar-refractivity contribution in [3.8, 4) is 23.0 Å². The molecular formula is C20H28O8. The maximum atomic E-state index is 11.6. The van der Waals surface area contributed by atoms with Gasteiger partial charge in [0.2, 0.25) is 11.5 Å². The molecule has 0 aliphatic heterocycles. The highest BCUT2D eigenvalue weighted by molar-refractivity contribution is 5.78. The van der Waals surface area contributed by atoms with Gasteiger partial charge in [0.1, 0.15) is 0 Å². The molecule has 0 aliphatic rings. The Morgan fingerprint density at radius 2 is 1.25 bits per heavy atom. The van der Waals surface area contributed by atoms with Gasteiger partial charge in [0.25, 0.3) is 0 Å². The first-order valence-electron chi connectivity index (χ1n) is 9.00. The normalized spacial score (nSPS) is 10.2. The van der Waals surface area contributed by atoms with Crippen LogP contribution >= 0.6 is 0 Å². The number of rotatable bonds is 10. The number of carbonyl (C=O) groups is 3. The first-order valence-corrected chi connectivity index (χ1v) is 9.00. The van der Waals surface area contributed by atoms with Gasteiger partial charge in [0.15, 0.2) is 11.5 Å². The van der Waals surface area contributed by atoms with Crippen molar-refractivity contribution in [2.45, 2.75) is 53.4 Å². The third-order valence-corrected chi connectivity index (χ3v) is 3.96. The van der Waals surface area contributed by atoms with E-state index in [2.05, 4.69) is 0 Å². The second kappa shape index (κ2) is 11.2. The molecule has 0 atom stereocenters. The second-order valence-corrected chi connectivity index (χ2v) is 6.17. The van der Waals surface area contributed by atoms with Gasteiger partial charge in [-0.3, -0.25) is 14.4 Å². The monoisotopic (exact) mass is 396 g/mol. The second-order valence-electron chi connectivity index (χ2n) is 6.17. The molecule has 8 nitrogen and oxygen atoms in total. The lowest BCUT2D eigenvalue weighted by molar-refractivity contribution is -0.141. The molecule has 1 aromatic carbocycles. The number of hydrogen-bond donors (Lipinski definition) is 0. The molecule has 1 rings (SSSR count). The van der Waals surface area contributed by atoms with Crippen LogP contribution in [0.1, 0.15) is 51.2 Å². The molecule has 0 amide bonds. The van der Waals surface area contributed by atoms with Gasteiger partial charge in [0, 0.05) is 31.9 Å². The standard InChI is InChI=1S/C20H28O8/c1-12-16(10-8-7-9-11-26-13(2)21)18(28-15(4)23)20(25-6)19(24-5)17(12)27-14(3)22/h7-11H2,1-6H3. The van der Waals surface area contributed by atoms with Gasteiger partial charge in [-0.1, -0.05) is 0 Å². The highest BCUT2D eigenvalue weighted by atomic mass is 16.6. The minimum atomic E-state index is -0.504. The molecule has 0 saturated heterocycles. The summed E-state index contributed by atoms with van der Waals surface area (Å²) in [6, 6.07) is 0. The molecule has 156 valence electrons. The van der Waals surface area contributed by atoms with Crippen LogP contribution in [-0.4, -0.2) is 38.7 Å². The zero-order valence-electron chi connectivity index (χ0n) is 17.3. The van der Waals surface area contributed by atoms with Crippen LogP contribution in [-0.2, 0) is 25.5 Å². The Kier molecular flexibility index (Phi) is 9.27. The Morgan fingerprint density at radius 3 is 1.75 bits per heavy atom. The average Bonchev–Trinajstić information content (AvgIpc) is 2.60. The topological polar surface area (TPSA) is 97.4 Å². The van der Waals surface area contributed by atoms with Crippen molar-refractivity contribution in [3.63, 3.8) is 0 Å². The van der Waals surface area contributed by atoms with Crippen LogP contribution < -0.4 is 18.9 Å². The van der Waals surface area contributed by atoms with Crippen molar-refractivity contribution in [1.29, 1.82) is 0 Å². The van der Waals surface area contributed by atoms with Crippen LogP contribution in [0.5, 0.6) is 23.0 Å². The van der Waals surface area contributed by atoms with Gasteiger partial charge >= 0.3 is 17.9 Å². The molecule has 0 radical (unpaired) electrons. The molecule has 8 heteroatoms. The van der Waals surface area contributed by atoms with E-state index in [0.717, 1.165) is 12.8 Å². The summed E-state index contributed by atoms with van der Waals surface area (Å²) in [7, 11) is 2.83. The quantitative estimate of drug-likeness (QED) is 0.338. The van der Waals surface area contributed by atoms with Gasteiger partial charge in [0.05, 0.1) is 20.8 Å². The number of unbranched alkanes of at least 4 members (excludes halogenated alkanes) is 2. The van der Waals surface area contributed by atoms with E-state index >= 15 is 0 Å². The Bertz CT molecular complexity index is 724. The maximum Gasteiger partial charge on any atom is 0.308 e. The molecule has 0 spiro atoms. The third-order valence-electron chi connectivity index (χ3n) is 3.96. The van der Waals surface area contributed by atoms with E-state index in [9.17, 15) is 14.4 Å². The fraction of sp³-hybridized carbons (Fsp3) is 0.550. The smallest absolute Gasteiger partial charge is 0.308 e. The number of carbonyl (C=O) groups excluding carboxylic acids is 3. The molecule has 0 fully saturated rings. The lowest BCUT2D eigenvalue weighted by atomic mass is 9.98. The third kappa shape index (κ3) is 6.44. The van der Waals surface area contributed by atoms with Gasteiger partial charge in [-0.2, -0.15) is 0 Å². The van der Waals surface area contributed by atoms with E-state index in [1.54, 1.807) is 6.92 Å². The zero-order chi connectivity index (χ0) is 21.3. The van der Waals surface area contributed by atoms with Crippen molar-refractivity contribution < 1.29 is 38.1 Å². The highest BCUT2D eigenvalue weighted by Gasteiger charge is 2.27. The van der Waals surface area contributed by atoms with Crippen LogP contribution in [0, 0.1) is 6.92 Å². The molecular weight excluding hydrogens is 368 g/mol. The fourth-order valence-electron chi connectivity index (χ4n) is 2.81. The minimum absolute atomic E-state index is 0.185. The molecule has 0 aliphatic carbocycles. The summed E-state index contributed by atoms with van der Waals surface area (Å²) in [6.07, 6.45) is 2.80. The molecule has 0 heterocycles. The molecule has 0 bridgehead atoms. The predicted molar refractivity (Wildman–Crippen MR) is 101 cm³/mol. The average molecular weight is 396 g/mol. The van der Waals surface area contributed by atoms with Crippen LogP contribution in [0.4, 0.5) is 0 Å². The molecule has 0 aromatic heterocycles. The van der Waals surface area contributed by atoms with E-state index in [4.69, 9.17) is 23.7 Å². The number of esters is 3. The highest BCUT2D eigenvalue weighted by Crippen LogP contribution is 2.50. The van der Waals surface area contributed by atoms with Gasteiger partial charge < -0.3 is 23.7 Å². The Labute approximate surface area is 165 Å². The summed E-state index contributed by atoms with van der Waals surface area (Å²) < 4.78 is 26.4. The van der Waals surface area contributed by atoms with E-state index in [-0.39, 0.29) is 29.0 Å². The molecule has 1 aromatic rings. The van der Waals surface area contributed by atoms with E-state index < -0.39 is 11.9 Å². The van der Waals surface area contributed by atoms with E-state index in [1.807, 2.05) is 0 Å². The lowest BCUT2D eigenvalue weighted by Gasteiger charge is -2.21. The Hall–Kier alpha value is -2.77. The first-order chi connectivity index (χ1) is 13.2. The summed E-state index contributed by atoms with van der Waals surface area (Å²) in [6.45, 7) is 6.08. The van der Waals surface area contributed by atoms with Gasteiger partial charge in [-0.15, -0.1) is 0 Å². The summed E-state index contributed by atoms with van der Waals surface area (Å²) in [5.74, 6) is -0.455. The van der Waals surface area contributed by atoms with Crippen LogP contribution in [0.2, 0.25) is 0 Å². The summed E-state index contributed by atoms with van der Waals surface area (Å²) in [5, 5.41) is 0. The number of methoxy groups -OCH3 is 2. The summed E-state index contributed by atoms with van der Waals surface area (Å²) in [4.78, 5) is 34.0. The molecule has 0 N–H and O–H groups in total. The van der Waals surface area contributed by atoms with E-state index in [0.29, 0.717) is 30.6 Å². The fourth-order valence-corrected chi connectivity index (χ4v) is 2.81. The molecule has 0 saturated carbocycles. The number of hydrogen-bond acceptors (Lipinski definition) is 8. The SMILES string of the molecule is COc1c(OC(C)=O)c(C)c(CCCCCOC(C)=O)c(OC(C)=O)c1OC. The van der Waals surface area contributed by atoms with Gasteiger partial charge in [-0.05, 0) is 32.6 Å². The largest absolute Gasteiger partial charge is 0.490 e. The molecule has 28 heavy (non-hydrogen) atoms. The Balaban J connectivity index is 3.23. The summed E-state index contributed by atoms with van der Waals surface area (Å²) >= 11 is 0. The first kappa shape index (κ1) is 23.3. The number of ether oxygens (including phenoxy) is 5. The summed E-state index contributed by atoms with van der Waals surface area (Å²) in [5.41, 5.74) is 1.32. The number of benzene rings is 1. The van der Waals surface area contributed by atoms with Crippen molar-refractivity contribution in [3.05, 3.63) is 11.1 Å². The van der Waals surface area contributed by atoms with Crippen LogP contribution in [0.25, 0.3) is 0 Å². The van der Waals surface area contributed by atoms with E-state index in [1.165, 1.54) is 35.0 Å². The molecule has 0 unspecified atom stereocenters. The van der Waals surface area contributed by atoms with Crippen LogP contribution in [0.3, 0.4) is 0 Å². The lowest BCUT2D eigenvalue weighted by Crippen LogP contribution is -2.12. The van der Waals surface area contributed by atoms with Crippen LogP contribution in [0.15, 0.2) is 0 Å². The van der Waals surface area contributed by atoms with Crippen molar-refractivity contribution >= 4 is 17.9 Å².